The zero-order chi connectivity index (χ0) is 18.9. The molecule has 0 radical (unpaired) electrons. The third-order valence-corrected chi connectivity index (χ3v) is 4.75. The molecule has 0 aliphatic carbocycles. The lowest BCUT2D eigenvalue weighted by Gasteiger charge is -2.15. The van der Waals surface area contributed by atoms with Crippen LogP contribution in [0, 0.1) is 0 Å². The molecule has 0 fully saturated rings. The lowest BCUT2D eigenvalue weighted by atomic mass is 10.2. The number of nitrogens with zero attached hydrogens (tertiary/aromatic N) is 4. The van der Waals surface area contributed by atoms with Crippen LogP contribution in [-0.4, -0.2) is 51.6 Å². The Kier molecular flexibility index (Phi) is 8.13. The summed E-state index contributed by atoms with van der Waals surface area (Å²) in [7, 11) is 1.81. The van der Waals surface area contributed by atoms with E-state index >= 15 is 0 Å². The summed E-state index contributed by atoms with van der Waals surface area (Å²) in [5.74, 6) is 1.34. The van der Waals surface area contributed by atoms with E-state index in [-0.39, 0.29) is 6.61 Å². The van der Waals surface area contributed by atoms with Gasteiger partial charge in [-0.25, -0.2) is 4.68 Å². The number of amides is 1. The number of ether oxygens (including phenoxy) is 2. The van der Waals surface area contributed by atoms with Gasteiger partial charge in [0.05, 0.1) is 11.1 Å². The van der Waals surface area contributed by atoms with Crippen LogP contribution in [0.1, 0.15) is 12.5 Å². The minimum Gasteiger partial charge on any atom is -0.490 e. The predicted molar refractivity (Wildman–Crippen MR) is 101 cm³/mol. The molecule has 142 valence electrons. The molecule has 0 bridgehead atoms. The quantitative estimate of drug-likeness (QED) is 0.390. The highest BCUT2D eigenvalue weighted by Crippen LogP contribution is 2.37. The minimum absolute atomic E-state index is 0.204. The first kappa shape index (κ1) is 20.5. The van der Waals surface area contributed by atoms with Gasteiger partial charge in [0.2, 0.25) is 5.16 Å². The largest absolute Gasteiger partial charge is 0.490 e. The highest BCUT2D eigenvalue weighted by Gasteiger charge is 2.13. The number of hydrogen-bond acceptors (Lipinski definition) is 8. The van der Waals surface area contributed by atoms with Crippen molar-refractivity contribution >= 4 is 33.6 Å². The number of primary amides is 1. The Hall–Kier alpha value is -1.85. The first-order valence-electron chi connectivity index (χ1n) is 7.93. The molecule has 9 nitrogen and oxygen atoms in total. The summed E-state index contributed by atoms with van der Waals surface area (Å²) in [6.07, 6.45) is 0. The van der Waals surface area contributed by atoms with E-state index in [2.05, 4.69) is 36.8 Å². The van der Waals surface area contributed by atoms with Crippen molar-refractivity contribution in [2.45, 2.75) is 18.6 Å². The molecule has 0 saturated carbocycles. The molecule has 1 heterocycles. The Morgan fingerprint density at radius 2 is 2.23 bits per heavy atom. The van der Waals surface area contributed by atoms with Gasteiger partial charge in [0.25, 0.3) is 5.91 Å². The Bertz CT molecular complexity index is 742. The molecule has 11 heteroatoms. The van der Waals surface area contributed by atoms with E-state index in [0.29, 0.717) is 29.1 Å². The molecule has 26 heavy (non-hydrogen) atoms. The summed E-state index contributed by atoms with van der Waals surface area (Å²) in [5.41, 5.74) is 6.16. The molecule has 2 aromatic rings. The topological polar surface area (TPSA) is 117 Å². The van der Waals surface area contributed by atoms with Crippen molar-refractivity contribution < 1.29 is 14.3 Å². The standard InChI is InChI=1S/C15H21BrN6O3S/c1-3-24-12-7-10(6-11(16)14(12)25-9-13(17)23)8-18-4-5-26-15-19-20-21-22(15)2/h6-7,18H,3-5,8-9H2,1-2H3,(H2,17,23). The lowest BCUT2D eigenvalue weighted by molar-refractivity contribution is -0.119. The molecule has 0 aliphatic rings. The molecule has 2 rings (SSSR count). The molecule has 0 unspecified atom stereocenters. The average Bonchev–Trinajstić information content (AvgIpc) is 2.99. The van der Waals surface area contributed by atoms with Crippen molar-refractivity contribution in [3.8, 4) is 11.5 Å². The summed E-state index contributed by atoms with van der Waals surface area (Å²) in [5, 5.41) is 15.5. The van der Waals surface area contributed by atoms with E-state index in [1.54, 1.807) is 16.4 Å². The van der Waals surface area contributed by atoms with Gasteiger partial charge in [-0.1, -0.05) is 11.8 Å². The van der Waals surface area contributed by atoms with Gasteiger partial charge in [0, 0.05) is 25.9 Å². The van der Waals surface area contributed by atoms with Crippen molar-refractivity contribution in [3.05, 3.63) is 22.2 Å². The maximum absolute atomic E-state index is 10.9. The number of nitrogens with two attached hydrogens (primary N) is 1. The fourth-order valence-electron chi connectivity index (χ4n) is 2.06. The van der Waals surface area contributed by atoms with Crippen molar-refractivity contribution in [3.63, 3.8) is 0 Å². The van der Waals surface area contributed by atoms with Crippen molar-refractivity contribution in [2.24, 2.45) is 12.8 Å². The Labute approximate surface area is 164 Å². The lowest BCUT2D eigenvalue weighted by Crippen LogP contribution is -2.20. The number of benzene rings is 1. The number of carbonyl (C=O) groups excluding carboxylic acids is 1. The Morgan fingerprint density at radius 1 is 1.42 bits per heavy atom. The van der Waals surface area contributed by atoms with Crippen LogP contribution in [0.25, 0.3) is 0 Å². The van der Waals surface area contributed by atoms with Crippen LogP contribution in [0.5, 0.6) is 11.5 Å². The molecule has 0 aliphatic heterocycles. The normalized spacial score (nSPS) is 10.7. The van der Waals surface area contributed by atoms with Crippen LogP contribution in [0.2, 0.25) is 0 Å². The summed E-state index contributed by atoms with van der Waals surface area (Å²) < 4.78 is 13.4. The van der Waals surface area contributed by atoms with Gasteiger partial charge in [0.15, 0.2) is 18.1 Å². The molecule has 3 N–H and O–H groups in total. The molecule has 1 aromatic heterocycles. The van der Waals surface area contributed by atoms with Crippen LogP contribution in [0.4, 0.5) is 0 Å². The van der Waals surface area contributed by atoms with E-state index in [0.717, 1.165) is 23.0 Å². The molecular formula is C15H21BrN6O3S. The number of carbonyl (C=O) groups is 1. The summed E-state index contributed by atoms with van der Waals surface area (Å²) >= 11 is 5.04. The van der Waals surface area contributed by atoms with Gasteiger partial charge >= 0.3 is 0 Å². The number of rotatable bonds is 11. The van der Waals surface area contributed by atoms with Crippen LogP contribution in [-0.2, 0) is 18.4 Å². The van der Waals surface area contributed by atoms with Crippen molar-refractivity contribution in [2.75, 3.05) is 25.5 Å². The highest BCUT2D eigenvalue weighted by atomic mass is 79.9. The number of nitrogens with one attached hydrogen (secondary N) is 1. The van der Waals surface area contributed by atoms with E-state index in [4.69, 9.17) is 15.2 Å². The second-order valence-electron chi connectivity index (χ2n) is 5.20. The number of thioether (sulfide) groups is 1. The predicted octanol–water partition coefficient (Wildman–Crippen LogP) is 1.12. The van der Waals surface area contributed by atoms with E-state index in [1.807, 2.05) is 26.1 Å². The molecular weight excluding hydrogens is 424 g/mol. The number of halogens is 1. The number of tetrazole rings is 1. The van der Waals surface area contributed by atoms with Gasteiger partial charge in [-0.15, -0.1) is 5.10 Å². The zero-order valence-corrected chi connectivity index (χ0v) is 17.0. The first-order chi connectivity index (χ1) is 12.5. The summed E-state index contributed by atoms with van der Waals surface area (Å²) in [4.78, 5) is 10.9. The average molecular weight is 445 g/mol. The highest BCUT2D eigenvalue weighted by molar-refractivity contribution is 9.10. The van der Waals surface area contributed by atoms with Gasteiger partial charge in [-0.3, -0.25) is 4.79 Å². The zero-order valence-electron chi connectivity index (χ0n) is 14.6. The third-order valence-electron chi connectivity index (χ3n) is 3.15. The number of aryl methyl sites for hydroxylation is 1. The molecule has 0 atom stereocenters. The Morgan fingerprint density at radius 3 is 2.88 bits per heavy atom. The Balaban J connectivity index is 1.89. The van der Waals surface area contributed by atoms with E-state index in [9.17, 15) is 4.79 Å². The molecule has 1 amide bonds. The van der Waals surface area contributed by atoms with E-state index in [1.165, 1.54) is 0 Å². The van der Waals surface area contributed by atoms with Crippen LogP contribution in [0.3, 0.4) is 0 Å². The van der Waals surface area contributed by atoms with Gasteiger partial charge in [-0.05, 0) is 51.0 Å². The van der Waals surface area contributed by atoms with E-state index < -0.39 is 5.91 Å². The number of hydrogen-bond donors (Lipinski definition) is 2. The second-order valence-corrected chi connectivity index (χ2v) is 7.12. The maximum Gasteiger partial charge on any atom is 0.255 e. The van der Waals surface area contributed by atoms with Crippen molar-refractivity contribution in [1.82, 2.24) is 25.5 Å². The minimum atomic E-state index is -0.541. The third kappa shape index (κ3) is 6.15. The van der Waals surface area contributed by atoms with Crippen LogP contribution in [0.15, 0.2) is 21.8 Å². The van der Waals surface area contributed by atoms with Gasteiger partial charge < -0.3 is 20.5 Å². The monoisotopic (exact) mass is 444 g/mol. The van der Waals surface area contributed by atoms with Crippen LogP contribution >= 0.6 is 27.7 Å². The second kappa shape index (κ2) is 10.3. The SMILES string of the molecule is CCOc1cc(CNCCSc2nnnn2C)cc(Br)c1OCC(N)=O. The fourth-order valence-corrected chi connectivity index (χ4v) is 3.41. The maximum atomic E-state index is 10.9. The number of aromatic nitrogens is 4. The van der Waals surface area contributed by atoms with Gasteiger partial charge in [-0.2, -0.15) is 0 Å². The summed E-state index contributed by atoms with van der Waals surface area (Å²) in [6.45, 7) is 3.61. The smallest absolute Gasteiger partial charge is 0.255 e. The summed E-state index contributed by atoms with van der Waals surface area (Å²) in [6, 6.07) is 3.81. The molecule has 1 aromatic carbocycles. The molecule has 0 saturated heterocycles. The van der Waals surface area contributed by atoms with Gasteiger partial charge in [0.1, 0.15) is 0 Å². The molecule has 0 spiro atoms. The first-order valence-corrected chi connectivity index (χ1v) is 9.71. The van der Waals surface area contributed by atoms with Crippen LogP contribution < -0.4 is 20.5 Å². The van der Waals surface area contributed by atoms with Crippen molar-refractivity contribution in [1.29, 1.82) is 0 Å². The fraction of sp³-hybridized carbons (Fsp3) is 0.467.